The molecule has 4 nitrogen and oxygen atoms in total. The number of fused-ring (bicyclic) bond motifs is 1. The molecule has 0 fully saturated rings. The van der Waals surface area contributed by atoms with Gasteiger partial charge in [0.2, 0.25) is 0 Å². The van der Waals surface area contributed by atoms with Gasteiger partial charge in [0.05, 0.1) is 11.7 Å². The van der Waals surface area contributed by atoms with Gasteiger partial charge in [-0.1, -0.05) is 18.2 Å². The molecule has 1 aromatic carbocycles. The molecule has 0 amide bonds. The van der Waals surface area contributed by atoms with Crippen molar-refractivity contribution in [1.82, 2.24) is 9.97 Å². The predicted molar refractivity (Wildman–Crippen MR) is 75.7 cm³/mol. The topological polar surface area (TPSA) is 52.1 Å². The summed E-state index contributed by atoms with van der Waals surface area (Å²) in [7, 11) is 0. The number of para-hydroxylation sites is 1. The van der Waals surface area contributed by atoms with Gasteiger partial charge in [-0.2, -0.15) is 0 Å². The Morgan fingerprint density at radius 2 is 1.95 bits per heavy atom. The Hall–Kier alpha value is -2.75. The minimum absolute atomic E-state index is 0.395. The number of nitrogens with zero attached hydrogens (tertiary/aromatic N) is 2. The monoisotopic (exact) mass is 264 g/mol. The van der Waals surface area contributed by atoms with Gasteiger partial charge in [0.15, 0.2) is 6.29 Å². The minimum atomic E-state index is 0.395. The lowest BCUT2D eigenvalue weighted by molar-refractivity contribution is 0.111. The first-order valence-corrected chi connectivity index (χ1v) is 6.23. The summed E-state index contributed by atoms with van der Waals surface area (Å²) in [4.78, 5) is 18.8. The fraction of sp³-hybridized carbons (Fsp3) is 0.0625. The van der Waals surface area contributed by atoms with Crippen molar-refractivity contribution < 1.29 is 9.53 Å². The summed E-state index contributed by atoms with van der Waals surface area (Å²) < 4.78 is 5.69. The zero-order chi connectivity index (χ0) is 13.8. The highest BCUT2D eigenvalue weighted by molar-refractivity contribution is 5.81. The summed E-state index contributed by atoms with van der Waals surface area (Å²) in [6, 6.07) is 13.2. The zero-order valence-corrected chi connectivity index (χ0v) is 10.7. The van der Waals surface area contributed by atoms with E-state index in [4.69, 9.17) is 4.74 Å². The number of aldehydes is 1. The number of hydrogen-bond acceptors (Lipinski definition) is 4. The van der Waals surface area contributed by atoms with Crippen molar-refractivity contribution in [3.05, 3.63) is 66.1 Å². The molecule has 0 aliphatic carbocycles. The van der Waals surface area contributed by atoms with E-state index < -0.39 is 0 Å². The first kappa shape index (κ1) is 12.3. The van der Waals surface area contributed by atoms with E-state index in [0.29, 0.717) is 24.3 Å². The number of carbonyl (C=O) groups excluding carboxylic acids is 1. The molecule has 0 bridgehead atoms. The van der Waals surface area contributed by atoms with Crippen LogP contribution in [0.4, 0.5) is 0 Å². The first-order chi connectivity index (χ1) is 9.86. The van der Waals surface area contributed by atoms with E-state index >= 15 is 0 Å². The molecular formula is C16H12N2O2. The third kappa shape index (κ3) is 2.49. The summed E-state index contributed by atoms with van der Waals surface area (Å²) in [5, 5.41) is 1.08. The molecule has 3 aromatic rings. The smallest absolute Gasteiger partial charge is 0.168 e. The average Bonchev–Trinajstić information content (AvgIpc) is 2.53. The van der Waals surface area contributed by atoms with E-state index in [1.54, 1.807) is 24.5 Å². The lowest BCUT2D eigenvalue weighted by Crippen LogP contribution is -1.98. The standard InChI is InChI=1S/C16H12N2O2/c19-10-13-5-6-14(9-18-13)20-11-12-7-8-17-16-4-2-1-3-15(12)16/h1-10H,11H2. The van der Waals surface area contributed by atoms with Crippen molar-refractivity contribution in [1.29, 1.82) is 0 Å². The lowest BCUT2D eigenvalue weighted by atomic mass is 10.1. The number of rotatable bonds is 4. The highest BCUT2D eigenvalue weighted by atomic mass is 16.5. The Balaban J connectivity index is 1.81. The number of hydrogen-bond donors (Lipinski definition) is 0. The van der Waals surface area contributed by atoms with Gasteiger partial charge in [0, 0.05) is 17.1 Å². The molecule has 0 unspecified atom stereocenters. The van der Waals surface area contributed by atoms with Gasteiger partial charge in [-0.05, 0) is 24.3 Å². The second-order valence-corrected chi connectivity index (χ2v) is 4.31. The van der Waals surface area contributed by atoms with Crippen LogP contribution in [0.15, 0.2) is 54.9 Å². The van der Waals surface area contributed by atoms with Crippen molar-refractivity contribution in [3.8, 4) is 5.75 Å². The molecule has 0 saturated carbocycles. The molecule has 20 heavy (non-hydrogen) atoms. The van der Waals surface area contributed by atoms with Crippen molar-refractivity contribution >= 4 is 17.2 Å². The molecule has 2 heterocycles. The number of ether oxygens (including phenoxy) is 1. The molecule has 0 aliphatic rings. The van der Waals surface area contributed by atoms with Crippen LogP contribution in [0, 0.1) is 0 Å². The summed E-state index contributed by atoms with van der Waals surface area (Å²) in [6.45, 7) is 0.436. The molecule has 0 saturated heterocycles. The second-order valence-electron chi connectivity index (χ2n) is 4.31. The van der Waals surface area contributed by atoms with Crippen LogP contribution < -0.4 is 4.74 Å². The molecule has 4 heteroatoms. The van der Waals surface area contributed by atoms with E-state index in [1.807, 2.05) is 30.3 Å². The van der Waals surface area contributed by atoms with E-state index in [-0.39, 0.29) is 0 Å². The largest absolute Gasteiger partial charge is 0.487 e. The van der Waals surface area contributed by atoms with E-state index in [9.17, 15) is 4.79 Å². The summed E-state index contributed by atoms with van der Waals surface area (Å²) >= 11 is 0. The van der Waals surface area contributed by atoms with E-state index in [0.717, 1.165) is 16.5 Å². The van der Waals surface area contributed by atoms with Gasteiger partial charge >= 0.3 is 0 Å². The number of benzene rings is 1. The van der Waals surface area contributed by atoms with Gasteiger partial charge in [0.1, 0.15) is 18.1 Å². The van der Waals surface area contributed by atoms with Crippen molar-refractivity contribution in [2.24, 2.45) is 0 Å². The van der Waals surface area contributed by atoms with Gasteiger partial charge in [-0.3, -0.25) is 9.78 Å². The van der Waals surface area contributed by atoms with E-state index in [2.05, 4.69) is 9.97 Å². The van der Waals surface area contributed by atoms with Crippen molar-refractivity contribution in [2.45, 2.75) is 6.61 Å². The molecule has 98 valence electrons. The van der Waals surface area contributed by atoms with Crippen LogP contribution in [-0.4, -0.2) is 16.3 Å². The Bertz CT molecular complexity index is 734. The summed E-state index contributed by atoms with van der Waals surface area (Å²) in [5.41, 5.74) is 2.41. The maximum absolute atomic E-state index is 10.5. The fourth-order valence-electron chi connectivity index (χ4n) is 1.99. The van der Waals surface area contributed by atoms with Crippen LogP contribution in [0.3, 0.4) is 0 Å². The predicted octanol–water partition coefficient (Wildman–Crippen LogP) is 3.02. The van der Waals surface area contributed by atoms with Crippen LogP contribution in [0.2, 0.25) is 0 Å². The number of pyridine rings is 2. The molecule has 0 atom stereocenters. The molecule has 3 rings (SSSR count). The van der Waals surface area contributed by atoms with Crippen molar-refractivity contribution in [3.63, 3.8) is 0 Å². The van der Waals surface area contributed by atoms with E-state index in [1.165, 1.54) is 0 Å². The maximum atomic E-state index is 10.5. The number of aromatic nitrogens is 2. The highest BCUT2D eigenvalue weighted by Gasteiger charge is 2.02. The van der Waals surface area contributed by atoms with Gasteiger partial charge in [-0.15, -0.1) is 0 Å². The Kier molecular flexibility index (Phi) is 3.37. The Morgan fingerprint density at radius 1 is 1.05 bits per heavy atom. The normalized spacial score (nSPS) is 10.4. The maximum Gasteiger partial charge on any atom is 0.168 e. The third-order valence-electron chi connectivity index (χ3n) is 3.01. The van der Waals surface area contributed by atoms with Crippen LogP contribution in [0.5, 0.6) is 5.75 Å². The molecule has 0 spiro atoms. The van der Waals surface area contributed by atoms with Crippen LogP contribution >= 0.6 is 0 Å². The third-order valence-corrected chi connectivity index (χ3v) is 3.01. The zero-order valence-electron chi connectivity index (χ0n) is 10.7. The molecular weight excluding hydrogens is 252 g/mol. The molecule has 0 aliphatic heterocycles. The Labute approximate surface area is 116 Å². The van der Waals surface area contributed by atoms with Crippen LogP contribution in [-0.2, 0) is 6.61 Å². The molecule has 0 radical (unpaired) electrons. The first-order valence-electron chi connectivity index (χ1n) is 6.23. The minimum Gasteiger partial charge on any atom is -0.487 e. The van der Waals surface area contributed by atoms with Crippen LogP contribution in [0.25, 0.3) is 10.9 Å². The van der Waals surface area contributed by atoms with Crippen LogP contribution in [0.1, 0.15) is 16.1 Å². The summed E-state index contributed by atoms with van der Waals surface area (Å²) in [5.74, 6) is 0.636. The summed E-state index contributed by atoms with van der Waals surface area (Å²) in [6.07, 6.45) is 4.03. The fourth-order valence-corrected chi connectivity index (χ4v) is 1.99. The molecule has 0 N–H and O–H groups in total. The average molecular weight is 264 g/mol. The van der Waals surface area contributed by atoms with Gasteiger partial charge < -0.3 is 4.74 Å². The van der Waals surface area contributed by atoms with Crippen molar-refractivity contribution in [2.75, 3.05) is 0 Å². The molecule has 2 aromatic heterocycles. The lowest BCUT2D eigenvalue weighted by Gasteiger charge is -2.08. The SMILES string of the molecule is O=Cc1ccc(OCc2ccnc3ccccc23)cn1. The van der Waals surface area contributed by atoms with Gasteiger partial charge in [0.25, 0.3) is 0 Å². The second kappa shape index (κ2) is 5.48. The van der Waals surface area contributed by atoms with Gasteiger partial charge in [-0.25, -0.2) is 4.98 Å². The number of carbonyl (C=O) groups is 1. The Morgan fingerprint density at radius 3 is 2.75 bits per heavy atom. The highest BCUT2D eigenvalue weighted by Crippen LogP contribution is 2.18. The quantitative estimate of drug-likeness (QED) is 0.680.